The minimum Gasteiger partial charge on any atom is -0.420 e. The minimum atomic E-state index is -0.719. The van der Waals surface area contributed by atoms with Crippen molar-refractivity contribution in [2.45, 2.75) is 84.0 Å². The molecule has 0 heterocycles. The van der Waals surface area contributed by atoms with Crippen molar-refractivity contribution < 1.29 is 13.9 Å². The smallest absolute Gasteiger partial charge is 0.343 e. The van der Waals surface area contributed by atoms with Crippen LogP contribution in [0.3, 0.4) is 0 Å². The van der Waals surface area contributed by atoms with Gasteiger partial charge in [0.15, 0.2) is 11.6 Å². The Hall–Kier alpha value is -2.67. The molecule has 0 radical (unpaired) electrons. The van der Waals surface area contributed by atoms with Crippen LogP contribution in [0.2, 0.25) is 0 Å². The summed E-state index contributed by atoms with van der Waals surface area (Å²) < 4.78 is 19.1. The first kappa shape index (κ1) is 25.0. The highest BCUT2D eigenvalue weighted by Crippen LogP contribution is 2.34. The number of unbranched alkanes of at least 4 members (excludes halogenated alkanes) is 3. The number of halogens is 1. The number of ether oxygens (including phenoxy) is 1. The number of carbonyl (C=O) groups excluding carboxylic acids is 1. The Morgan fingerprint density at radius 1 is 0.970 bits per heavy atom. The summed E-state index contributed by atoms with van der Waals surface area (Å²) in [5.74, 6) is 0.399. The van der Waals surface area contributed by atoms with Gasteiger partial charge in [0.2, 0.25) is 0 Å². The van der Waals surface area contributed by atoms with Gasteiger partial charge >= 0.3 is 5.97 Å². The lowest BCUT2D eigenvalue weighted by Crippen LogP contribution is -2.14. The summed E-state index contributed by atoms with van der Waals surface area (Å²) in [4.78, 5) is 12.3. The van der Waals surface area contributed by atoms with Gasteiger partial charge in [-0.2, -0.15) is 5.26 Å². The SMILES string of the molecule is CCCCCC1CCC(CCCCc2ccc(C(=O)Oc3ccc(C#N)cc3F)cc2)CC1. The first-order valence-electron chi connectivity index (χ1n) is 12.6. The summed E-state index contributed by atoms with van der Waals surface area (Å²) in [6.07, 6.45) is 16.0. The zero-order chi connectivity index (χ0) is 23.5. The molecule has 0 amide bonds. The van der Waals surface area contributed by atoms with Crippen molar-refractivity contribution in [1.82, 2.24) is 0 Å². The van der Waals surface area contributed by atoms with E-state index in [0.29, 0.717) is 5.56 Å². The van der Waals surface area contributed by atoms with Gasteiger partial charge in [0.1, 0.15) is 0 Å². The Balaban J connectivity index is 1.35. The van der Waals surface area contributed by atoms with Gasteiger partial charge in [0.05, 0.1) is 17.2 Å². The van der Waals surface area contributed by atoms with E-state index in [2.05, 4.69) is 6.92 Å². The molecule has 0 atom stereocenters. The third kappa shape index (κ3) is 8.00. The van der Waals surface area contributed by atoms with E-state index in [4.69, 9.17) is 10.00 Å². The zero-order valence-corrected chi connectivity index (χ0v) is 19.8. The van der Waals surface area contributed by atoms with Crippen molar-refractivity contribution in [3.8, 4) is 11.8 Å². The second-order valence-electron chi connectivity index (χ2n) is 9.47. The molecule has 0 bridgehead atoms. The van der Waals surface area contributed by atoms with Crippen molar-refractivity contribution in [1.29, 1.82) is 5.26 Å². The number of esters is 1. The summed E-state index contributed by atoms with van der Waals surface area (Å²) >= 11 is 0. The Bertz CT molecular complexity index is 924. The Morgan fingerprint density at radius 3 is 2.18 bits per heavy atom. The molecule has 176 valence electrons. The molecular formula is C29H36FNO2. The van der Waals surface area contributed by atoms with Crippen LogP contribution in [0.15, 0.2) is 42.5 Å². The lowest BCUT2D eigenvalue weighted by atomic mass is 9.78. The van der Waals surface area contributed by atoms with Crippen LogP contribution in [0, 0.1) is 29.0 Å². The van der Waals surface area contributed by atoms with Gasteiger partial charge in [-0.1, -0.05) is 83.3 Å². The summed E-state index contributed by atoms with van der Waals surface area (Å²) in [5, 5.41) is 8.80. The van der Waals surface area contributed by atoms with Gasteiger partial charge in [0.25, 0.3) is 0 Å². The molecule has 0 N–H and O–H groups in total. The summed E-state index contributed by atoms with van der Waals surface area (Å²) in [7, 11) is 0. The van der Waals surface area contributed by atoms with E-state index in [-0.39, 0.29) is 11.3 Å². The van der Waals surface area contributed by atoms with E-state index in [9.17, 15) is 9.18 Å². The number of aryl methyl sites for hydroxylation is 1. The van der Waals surface area contributed by atoms with Gasteiger partial charge in [-0.3, -0.25) is 0 Å². The Morgan fingerprint density at radius 2 is 1.61 bits per heavy atom. The topological polar surface area (TPSA) is 50.1 Å². The predicted octanol–water partition coefficient (Wildman–Crippen LogP) is 8.02. The lowest BCUT2D eigenvalue weighted by molar-refractivity contribution is 0.0728. The maximum atomic E-state index is 13.9. The molecule has 0 saturated heterocycles. The van der Waals surface area contributed by atoms with E-state index >= 15 is 0 Å². The van der Waals surface area contributed by atoms with Gasteiger partial charge in [-0.25, -0.2) is 9.18 Å². The number of rotatable bonds is 11. The summed E-state index contributed by atoms with van der Waals surface area (Å²) in [6, 6.07) is 13.0. The van der Waals surface area contributed by atoms with E-state index in [1.54, 1.807) is 12.1 Å². The van der Waals surface area contributed by atoms with Crippen molar-refractivity contribution >= 4 is 5.97 Å². The van der Waals surface area contributed by atoms with Crippen LogP contribution in [0.5, 0.6) is 5.75 Å². The number of hydrogen-bond acceptors (Lipinski definition) is 3. The Kier molecular flexibility index (Phi) is 9.94. The Labute approximate surface area is 198 Å². The molecule has 1 saturated carbocycles. The second-order valence-corrected chi connectivity index (χ2v) is 9.47. The van der Waals surface area contributed by atoms with Crippen LogP contribution in [0.1, 0.15) is 99.0 Å². The number of nitriles is 1. The van der Waals surface area contributed by atoms with Crippen LogP contribution in [-0.2, 0) is 6.42 Å². The number of benzene rings is 2. The molecule has 1 aliphatic rings. The monoisotopic (exact) mass is 449 g/mol. The first-order valence-corrected chi connectivity index (χ1v) is 12.6. The van der Waals surface area contributed by atoms with Crippen LogP contribution in [0.25, 0.3) is 0 Å². The largest absolute Gasteiger partial charge is 0.420 e. The van der Waals surface area contributed by atoms with Crippen LogP contribution in [-0.4, -0.2) is 5.97 Å². The van der Waals surface area contributed by atoms with Gasteiger partial charge < -0.3 is 4.74 Å². The molecule has 2 aromatic rings. The molecular weight excluding hydrogens is 413 g/mol. The van der Waals surface area contributed by atoms with Gasteiger partial charge in [-0.05, 0) is 60.6 Å². The van der Waals surface area contributed by atoms with E-state index in [1.807, 2.05) is 18.2 Å². The van der Waals surface area contributed by atoms with Crippen LogP contribution < -0.4 is 4.74 Å². The fourth-order valence-corrected chi connectivity index (χ4v) is 4.87. The van der Waals surface area contributed by atoms with E-state index < -0.39 is 11.8 Å². The van der Waals surface area contributed by atoms with Crippen LogP contribution in [0.4, 0.5) is 4.39 Å². The zero-order valence-electron chi connectivity index (χ0n) is 19.8. The average molecular weight is 450 g/mol. The second kappa shape index (κ2) is 13.1. The highest BCUT2D eigenvalue weighted by molar-refractivity contribution is 5.91. The maximum Gasteiger partial charge on any atom is 0.343 e. The molecule has 3 nitrogen and oxygen atoms in total. The number of nitrogens with zero attached hydrogens (tertiary/aromatic N) is 1. The molecule has 3 rings (SSSR count). The quantitative estimate of drug-likeness (QED) is 0.198. The highest BCUT2D eigenvalue weighted by atomic mass is 19.1. The van der Waals surface area contributed by atoms with Crippen molar-refractivity contribution in [3.63, 3.8) is 0 Å². The maximum absolute atomic E-state index is 13.9. The highest BCUT2D eigenvalue weighted by Gasteiger charge is 2.20. The lowest BCUT2D eigenvalue weighted by Gasteiger charge is -2.28. The summed E-state index contributed by atoms with van der Waals surface area (Å²) in [5.41, 5.74) is 1.78. The van der Waals surface area contributed by atoms with Crippen molar-refractivity contribution in [3.05, 3.63) is 65.0 Å². The minimum absolute atomic E-state index is 0.168. The summed E-state index contributed by atoms with van der Waals surface area (Å²) in [6.45, 7) is 2.28. The van der Waals surface area contributed by atoms with Crippen LogP contribution >= 0.6 is 0 Å². The van der Waals surface area contributed by atoms with Crippen molar-refractivity contribution in [2.24, 2.45) is 11.8 Å². The fraction of sp³-hybridized carbons (Fsp3) is 0.517. The normalized spacial score (nSPS) is 18.0. The molecule has 2 aromatic carbocycles. The molecule has 4 heteroatoms. The van der Waals surface area contributed by atoms with Crippen molar-refractivity contribution in [2.75, 3.05) is 0 Å². The third-order valence-corrected chi connectivity index (χ3v) is 6.96. The molecule has 1 fully saturated rings. The molecule has 0 aromatic heterocycles. The average Bonchev–Trinajstić information content (AvgIpc) is 2.84. The van der Waals surface area contributed by atoms with E-state index in [0.717, 1.165) is 30.7 Å². The molecule has 0 aliphatic heterocycles. The molecule has 0 unspecified atom stereocenters. The van der Waals surface area contributed by atoms with E-state index in [1.165, 1.54) is 81.9 Å². The molecule has 0 spiro atoms. The number of carbonyl (C=O) groups is 1. The van der Waals surface area contributed by atoms with Gasteiger partial charge in [-0.15, -0.1) is 0 Å². The standard InChI is InChI=1S/C29H36FNO2/c1-2-3-4-7-22-10-12-23(13-11-22)8-5-6-9-24-14-17-26(18-15-24)29(32)33-28-19-16-25(21-31)20-27(28)30/h14-20,22-23H,2-13H2,1H3. The predicted molar refractivity (Wildman–Crippen MR) is 130 cm³/mol. The fourth-order valence-electron chi connectivity index (χ4n) is 4.87. The van der Waals surface area contributed by atoms with Gasteiger partial charge in [0, 0.05) is 0 Å². The molecule has 1 aliphatic carbocycles. The molecule has 33 heavy (non-hydrogen) atoms. The first-order chi connectivity index (χ1) is 16.1. The third-order valence-electron chi connectivity index (χ3n) is 6.96. The number of hydrogen-bond donors (Lipinski definition) is 0.